The molecule has 1 aliphatic rings. The summed E-state index contributed by atoms with van der Waals surface area (Å²) in [5.74, 6) is 0. The van der Waals surface area contributed by atoms with Gasteiger partial charge in [-0.1, -0.05) is 164 Å². The molecule has 0 bridgehead atoms. The van der Waals surface area contributed by atoms with Gasteiger partial charge < -0.3 is 4.90 Å². The molecule has 0 radical (unpaired) electrons. The summed E-state index contributed by atoms with van der Waals surface area (Å²) in [6.07, 6.45) is 9.07. The molecule has 0 N–H and O–H groups in total. The van der Waals surface area contributed by atoms with Gasteiger partial charge in [-0.15, -0.1) is 0 Å². The lowest BCUT2D eigenvalue weighted by Gasteiger charge is -2.29. The lowest BCUT2D eigenvalue weighted by molar-refractivity contribution is 1.04. The minimum Gasteiger partial charge on any atom is -0.310 e. The van der Waals surface area contributed by atoms with Crippen LogP contribution in [0, 0.1) is 0 Å². The number of nitrogens with zero attached hydrogens (tertiary/aromatic N) is 1. The van der Waals surface area contributed by atoms with E-state index in [1.165, 1.54) is 55.6 Å². The third kappa shape index (κ3) is 6.52. The molecule has 0 atom stereocenters. The predicted octanol–water partition coefficient (Wildman–Crippen LogP) is 13.6. The number of rotatable bonds is 8. The second kappa shape index (κ2) is 13.9. The standard InChI is InChI=1S/C48H37N/c1-5-13-36(14-6-1)40-21-23-43(24-22-40)47-35-44(39-19-11-4-12-20-39)29-34-48(47)49(45-30-25-41(26-31-45)37-15-7-2-8-16-37)46-32-27-42(28-33-46)38-17-9-3-10-18-38/h1-2,4-9,11-35H,3,10H2. The van der Waals surface area contributed by atoms with Crippen molar-refractivity contribution >= 4 is 22.6 Å². The van der Waals surface area contributed by atoms with Gasteiger partial charge in [0.15, 0.2) is 0 Å². The van der Waals surface area contributed by atoms with E-state index < -0.39 is 0 Å². The fourth-order valence-corrected chi connectivity index (χ4v) is 6.74. The Kier molecular flexibility index (Phi) is 8.56. The van der Waals surface area contributed by atoms with Crippen molar-refractivity contribution in [1.29, 1.82) is 0 Å². The van der Waals surface area contributed by atoms with Crippen LogP contribution in [0.5, 0.6) is 0 Å². The Morgan fingerprint density at radius 2 is 0.776 bits per heavy atom. The van der Waals surface area contributed by atoms with Crippen LogP contribution in [0.4, 0.5) is 17.1 Å². The highest BCUT2D eigenvalue weighted by atomic mass is 15.1. The zero-order chi connectivity index (χ0) is 32.8. The van der Waals surface area contributed by atoms with Crippen LogP contribution in [-0.2, 0) is 0 Å². The normalized spacial score (nSPS) is 12.4. The molecule has 0 unspecified atom stereocenters. The van der Waals surface area contributed by atoms with Crippen molar-refractivity contribution in [2.24, 2.45) is 0 Å². The Bertz CT molecular complexity index is 2210. The van der Waals surface area contributed by atoms with E-state index in [0.29, 0.717) is 0 Å². The van der Waals surface area contributed by atoms with Crippen molar-refractivity contribution in [2.75, 3.05) is 4.90 Å². The van der Waals surface area contributed by atoms with Crippen molar-refractivity contribution in [2.45, 2.75) is 12.8 Å². The van der Waals surface area contributed by atoms with Crippen molar-refractivity contribution in [1.82, 2.24) is 0 Å². The first-order valence-corrected chi connectivity index (χ1v) is 17.1. The summed E-state index contributed by atoms with van der Waals surface area (Å²) in [6, 6.07) is 65.7. The topological polar surface area (TPSA) is 3.24 Å². The minimum absolute atomic E-state index is 1.09. The number of hydrogen-bond donors (Lipinski definition) is 0. The molecule has 49 heavy (non-hydrogen) atoms. The number of anilines is 3. The highest BCUT2D eigenvalue weighted by molar-refractivity contribution is 5.92. The summed E-state index contributed by atoms with van der Waals surface area (Å²) < 4.78 is 0. The SMILES string of the molecule is C1=CC(c2ccc(N(c3ccc(-c4ccccc4)cc3)c3ccc(-c4ccccc4)cc3-c3ccc(-c4ccccc4)cc3)cc2)=CCC1. The van der Waals surface area contributed by atoms with Gasteiger partial charge in [0.05, 0.1) is 5.69 Å². The summed E-state index contributed by atoms with van der Waals surface area (Å²) >= 11 is 0. The van der Waals surface area contributed by atoms with Crippen LogP contribution < -0.4 is 4.90 Å². The Morgan fingerprint density at radius 1 is 0.347 bits per heavy atom. The maximum absolute atomic E-state index is 2.40. The molecule has 0 aliphatic heterocycles. The average Bonchev–Trinajstić information content (AvgIpc) is 3.20. The van der Waals surface area contributed by atoms with Crippen LogP contribution in [-0.4, -0.2) is 0 Å². The van der Waals surface area contributed by atoms with Crippen LogP contribution in [0.1, 0.15) is 18.4 Å². The number of hydrogen-bond acceptors (Lipinski definition) is 1. The van der Waals surface area contributed by atoms with Gasteiger partial charge in [-0.2, -0.15) is 0 Å². The maximum atomic E-state index is 2.40. The highest BCUT2D eigenvalue weighted by Gasteiger charge is 2.19. The van der Waals surface area contributed by atoms with Crippen molar-refractivity contribution < 1.29 is 0 Å². The van der Waals surface area contributed by atoms with Gasteiger partial charge in [-0.3, -0.25) is 0 Å². The molecule has 7 aromatic carbocycles. The zero-order valence-electron chi connectivity index (χ0n) is 27.4. The zero-order valence-corrected chi connectivity index (χ0v) is 27.4. The van der Waals surface area contributed by atoms with Gasteiger partial charge >= 0.3 is 0 Å². The van der Waals surface area contributed by atoms with Crippen molar-refractivity contribution in [3.05, 3.63) is 206 Å². The average molecular weight is 628 g/mol. The molecule has 1 heteroatoms. The van der Waals surface area contributed by atoms with E-state index >= 15 is 0 Å². The quantitative estimate of drug-likeness (QED) is 0.162. The van der Waals surface area contributed by atoms with E-state index in [2.05, 4.69) is 205 Å². The fraction of sp³-hybridized carbons (Fsp3) is 0.0417. The molecular formula is C48H37N. The van der Waals surface area contributed by atoms with Gasteiger partial charge in [0.2, 0.25) is 0 Å². The minimum atomic E-state index is 1.09. The molecule has 234 valence electrons. The number of benzene rings is 7. The molecule has 0 amide bonds. The van der Waals surface area contributed by atoms with Crippen LogP contribution in [0.2, 0.25) is 0 Å². The summed E-state index contributed by atoms with van der Waals surface area (Å²) in [5, 5.41) is 0. The largest absolute Gasteiger partial charge is 0.310 e. The molecule has 0 heterocycles. The molecule has 7 aromatic rings. The molecular weight excluding hydrogens is 591 g/mol. The van der Waals surface area contributed by atoms with Gasteiger partial charge in [0, 0.05) is 16.9 Å². The fourth-order valence-electron chi connectivity index (χ4n) is 6.74. The molecule has 0 fully saturated rings. The maximum Gasteiger partial charge on any atom is 0.0540 e. The predicted molar refractivity (Wildman–Crippen MR) is 209 cm³/mol. The molecule has 0 saturated heterocycles. The van der Waals surface area contributed by atoms with Gasteiger partial charge in [0.25, 0.3) is 0 Å². The first-order valence-electron chi connectivity index (χ1n) is 17.1. The Labute approximate surface area is 289 Å². The first kappa shape index (κ1) is 30.2. The second-order valence-electron chi connectivity index (χ2n) is 12.5. The summed E-state index contributed by atoms with van der Waals surface area (Å²) in [7, 11) is 0. The smallest absolute Gasteiger partial charge is 0.0540 e. The van der Waals surface area contributed by atoms with Crippen LogP contribution in [0.25, 0.3) is 50.1 Å². The monoisotopic (exact) mass is 627 g/mol. The Hall–Kier alpha value is -6.18. The molecule has 0 spiro atoms. The number of allylic oxidation sites excluding steroid dienone is 4. The molecule has 8 rings (SSSR count). The summed E-state index contributed by atoms with van der Waals surface area (Å²) in [6.45, 7) is 0. The summed E-state index contributed by atoms with van der Waals surface area (Å²) in [5.41, 5.74) is 15.5. The van der Waals surface area contributed by atoms with Gasteiger partial charge in [0.1, 0.15) is 0 Å². The van der Waals surface area contributed by atoms with Crippen molar-refractivity contribution in [3.8, 4) is 44.5 Å². The summed E-state index contributed by atoms with van der Waals surface area (Å²) in [4.78, 5) is 2.40. The second-order valence-corrected chi connectivity index (χ2v) is 12.5. The third-order valence-electron chi connectivity index (χ3n) is 9.33. The van der Waals surface area contributed by atoms with Gasteiger partial charge in [-0.05, 0) is 99.3 Å². The lowest BCUT2D eigenvalue weighted by Crippen LogP contribution is -2.11. The van der Waals surface area contributed by atoms with Crippen LogP contribution in [0.15, 0.2) is 200 Å². The van der Waals surface area contributed by atoms with Crippen LogP contribution in [0.3, 0.4) is 0 Å². The molecule has 1 aliphatic carbocycles. The van der Waals surface area contributed by atoms with Gasteiger partial charge in [-0.25, -0.2) is 0 Å². The van der Waals surface area contributed by atoms with E-state index in [-0.39, 0.29) is 0 Å². The molecule has 0 saturated carbocycles. The van der Waals surface area contributed by atoms with E-state index in [9.17, 15) is 0 Å². The van der Waals surface area contributed by atoms with E-state index in [1.807, 2.05) is 0 Å². The van der Waals surface area contributed by atoms with E-state index in [0.717, 1.165) is 29.9 Å². The van der Waals surface area contributed by atoms with Crippen molar-refractivity contribution in [3.63, 3.8) is 0 Å². The highest BCUT2D eigenvalue weighted by Crippen LogP contribution is 2.43. The molecule has 1 nitrogen and oxygen atoms in total. The van der Waals surface area contributed by atoms with Crippen LogP contribution >= 0.6 is 0 Å². The Balaban J connectivity index is 1.28. The van der Waals surface area contributed by atoms with E-state index in [4.69, 9.17) is 0 Å². The third-order valence-corrected chi connectivity index (χ3v) is 9.33. The van der Waals surface area contributed by atoms with E-state index in [1.54, 1.807) is 0 Å². The first-order chi connectivity index (χ1) is 24.3. The molecule has 0 aromatic heterocycles. The Morgan fingerprint density at radius 3 is 1.29 bits per heavy atom. The lowest BCUT2D eigenvalue weighted by atomic mass is 9.94.